The number of hydrogen-bond acceptors (Lipinski definition) is 5. The number of aromatic nitrogens is 4. The highest BCUT2D eigenvalue weighted by atomic mass is 32.2. The summed E-state index contributed by atoms with van der Waals surface area (Å²) in [7, 11) is 0. The first kappa shape index (κ1) is 16.2. The Kier molecular flexibility index (Phi) is 4.61. The number of nitrogens with zero attached hydrogens (tertiary/aromatic N) is 3. The van der Waals surface area contributed by atoms with Crippen molar-refractivity contribution in [3.8, 4) is 11.5 Å². The summed E-state index contributed by atoms with van der Waals surface area (Å²) in [6, 6.07) is 14.9. The first-order chi connectivity index (χ1) is 11.5. The number of H-pyrrole nitrogens is 1. The molecule has 0 bridgehead atoms. The molecule has 2 aromatic heterocycles. The second-order valence-corrected chi connectivity index (χ2v) is 7.20. The number of aromatic amines is 1. The van der Waals surface area contributed by atoms with Crippen molar-refractivity contribution >= 4 is 23.4 Å². The van der Waals surface area contributed by atoms with Crippen LogP contribution in [0, 0.1) is 0 Å². The monoisotopic (exact) mass is 339 g/mol. The normalized spacial score (nSPS) is 11.2. The fraction of sp³-hybridized carbons (Fsp3) is 0.176. The maximum absolute atomic E-state index is 12.5. The summed E-state index contributed by atoms with van der Waals surface area (Å²) < 4.78 is -0.723. The lowest BCUT2D eigenvalue weighted by molar-refractivity contribution is -0.117. The third-order valence-corrected chi connectivity index (χ3v) is 4.36. The molecule has 1 aromatic carbocycles. The Morgan fingerprint density at radius 2 is 1.88 bits per heavy atom. The Labute approximate surface area is 144 Å². The molecule has 0 saturated heterocycles. The molecule has 3 aromatic rings. The van der Waals surface area contributed by atoms with Crippen molar-refractivity contribution < 1.29 is 4.79 Å². The number of carbonyl (C=O) groups is 1. The van der Waals surface area contributed by atoms with Crippen molar-refractivity contribution in [1.29, 1.82) is 0 Å². The van der Waals surface area contributed by atoms with Crippen LogP contribution < -0.4 is 5.32 Å². The number of para-hydroxylation sites is 1. The van der Waals surface area contributed by atoms with E-state index < -0.39 is 4.75 Å². The number of nitrogens with one attached hydrogen (secondary N) is 2. The predicted octanol–water partition coefficient (Wildman–Crippen LogP) is 3.38. The molecule has 0 radical (unpaired) electrons. The molecule has 2 N–H and O–H groups in total. The zero-order valence-corrected chi connectivity index (χ0v) is 14.2. The summed E-state index contributed by atoms with van der Waals surface area (Å²) in [5.74, 6) is 0.472. The Morgan fingerprint density at radius 3 is 2.58 bits per heavy atom. The maximum Gasteiger partial charge on any atom is 0.240 e. The molecule has 0 aliphatic carbocycles. The summed E-state index contributed by atoms with van der Waals surface area (Å²) >= 11 is 1.30. The van der Waals surface area contributed by atoms with Crippen LogP contribution in [0.5, 0.6) is 0 Å². The number of anilines is 1. The van der Waals surface area contributed by atoms with Gasteiger partial charge < -0.3 is 5.32 Å². The number of carbonyl (C=O) groups excluding carboxylic acids is 1. The quantitative estimate of drug-likeness (QED) is 0.696. The standard InChI is InChI=1S/C17H17N5OS/c1-17(2,15(23)19-12-8-4-3-5-9-12)24-16-20-14(21-22-16)13-10-6-7-11-18-13/h3-11H,1-2H3,(H,19,23)(H,20,21,22). The Balaban J connectivity index is 1.70. The molecule has 7 heteroatoms. The van der Waals surface area contributed by atoms with E-state index in [1.54, 1.807) is 6.20 Å². The van der Waals surface area contributed by atoms with Crippen LogP contribution in [-0.2, 0) is 4.79 Å². The van der Waals surface area contributed by atoms with Crippen LogP contribution in [0.2, 0.25) is 0 Å². The molecule has 0 aliphatic rings. The van der Waals surface area contributed by atoms with Crippen molar-refractivity contribution in [1.82, 2.24) is 20.2 Å². The van der Waals surface area contributed by atoms with Gasteiger partial charge in [-0.1, -0.05) is 36.0 Å². The van der Waals surface area contributed by atoms with Gasteiger partial charge in [-0.3, -0.25) is 14.9 Å². The number of amides is 1. The van der Waals surface area contributed by atoms with E-state index in [2.05, 4.69) is 25.5 Å². The molecule has 3 rings (SSSR count). The van der Waals surface area contributed by atoms with Crippen molar-refractivity contribution in [2.24, 2.45) is 0 Å². The summed E-state index contributed by atoms with van der Waals surface area (Å²) in [4.78, 5) is 21.1. The van der Waals surface area contributed by atoms with Gasteiger partial charge in [0, 0.05) is 11.9 Å². The van der Waals surface area contributed by atoms with Crippen LogP contribution in [0.25, 0.3) is 11.5 Å². The van der Waals surface area contributed by atoms with E-state index in [1.165, 1.54) is 11.8 Å². The molecule has 0 spiro atoms. The van der Waals surface area contributed by atoms with Gasteiger partial charge in [0.05, 0.1) is 4.75 Å². The molecule has 122 valence electrons. The van der Waals surface area contributed by atoms with Crippen molar-refractivity contribution in [3.05, 3.63) is 54.7 Å². The van der Waals surface area contributed by atoms with Crippen LogP contribution in [0.3, 0.4) is 0 Å². The summed E-state index contributed by atoms with van der Waals surface area (Å²) in [5.41, 5.74) is 1.48. The van der Waals surface area contributed by atoms with Gasteiger partial charge in [-0.2, -0.15) is 4.98 Å². The molecule has 0 unspecified atom stereocenters. The lowest BCUT2D eigenvalue weighted by Gasteiger charge is -2.21. The largest absolute Gasteiger partial charge is 0.325 e. The summed E-state index contributed by atoms with van der Waals surface area (Å²) in [5, 5.41) is 10.4. The van der Waals surface area contributed by atoms with Gasteiger partial charge in [0.25, 0.3) is 0 Å². The zero-order chi connectivity index (χ0) is 17.0. The van der Waals surface area contributed by atoms with Crippen molar-refractivity contribution in [2.75, 3.05) is 5.32 Å². The zero-order valence-electron chi connectivity index (χ0n) is 13.4. The fourth-order valence-corrected chi connectivity index (χ4v) is 2.82. The smallest absolute Gasteiger partial charge is 0.240 e. The number of pyridine rings is 1. The second kappa shape index (κ2) is 6.84. The van der Waals surface area contributed by atoms with Crippen LogP contribution in [0.15, 0.2) is 59.9 Å². The van der Waals surface area contributed by atoms with Crippen LogP contribution >= 0.6 is 11.8 Å². The Bertz CT molecular complexity index is 817. The number of benzene rings is 1. The first-order valence-electron chi connectivity index (χ1n) is 7.44. The molecule has 0 saturated carbocycles. The van der Waals surface area contributed by atoms with Gasteiger partial charge in [0.15, 0.2) is 5.82 Å². The molecule has 0 fully saturated rings. The van der Waals surface area contributed by atoms with Crippen molar-refractivity contribution in [3.63, 3.8) is 0 Å². The number of thioether (sulfide) groups is 1. The van der Waals surface area contributed by atoms with E-state index >= 15 is 0 Å². The molecule has 24 heavy (non-hydrogen) atoms. The van der Waals surface area contributed by atoms with Crippen molar-refractivity contribution in [2.45, 2.75) is 23.8 Å². The molecule has 2 heterocycles. The lowest BCUT2D eigenvalue weighted by Crippen LogP contribution is -2.34. The average molecular weight is 339 g/mol. The third-order valence-electron chi connectivity index (χ3n) is 3.30. The van der Waals surface area contributed by atoms with E-state index in [4.69, 9.17) is 0 Å². The number of rotatable bonds is 5. The lowest BCUT2D eigenvalue weighted by atomic mass is 10.2. The van der Waals surface area contributed by atoms with E-state index in [0.717, 1.165) is 5.69 Å². The Hall–Kier alpha value is -2.67. The van der Waals surface area contributed by atoms with E-state index in [-0.39, 0.29) is 5.91 Å². The van der Waals surface area contributed by atoms with Gasteiger partial charge in [-0.25, -0.2) is 0 Å². The third kappa shape index (κ3) is 3.80. The molecular formula is C17H17N5OS. The highest BCUT2D eigenvalue weighted by Crippen LogP contribution is 2.32. The molecule has 6 nitrogen and oxygen atoms in total. The summed E-state index contributed by atoms with van der Waals surface area (Å²) in [6.45, 7) is 3.68. The van der Waals surface area contributed by atoms with E-state index in [0.29, 0.717) is 16.7 Å². The minimum Gasteiger partial charge on any atom is -0.325 e. The van der Waals surface area contributed by atoms with E-state index in [9.17, 15) is 4.79 Å². The van der Waals surface area contributed by atoms with Crippen LogP contribution in [0.1, 0.15) is 13.8 Å². The predicted molar refractivity (Wildman–Crippen MR) is 94.6 cm³/mol. The minimum atomic E-state index is -0.723. The molecule has 0 atom stereocenters. The fourth-order valence-electron chi connectivity index (χ4n) is 1.99. The van der Waals surface area contributed by atoms with Gasteiger partial charge in [0.2, 0.25) is 11.1 Å². The van der Waals surface area contributed by atoms with Crippen LogP contribution in [0.4, 0.5) is 5.69 Å². The van der Waals surface area contributed by atoms with Gasteiger partial charge >= 0.3 is 0 Å². The highest BCUT2D eigenvalue weighted by molar-refractivity contribution is 8.01. The summed E-state index contributed by atoms with van der Waals surface area (Å²) in [6.07, 6.45) is 1.70. The van der Waals surface area contributed by atoms with Gasteiger partial charge in [0.1, 0.15) is 5.69 Å². The second-order valence-electron chi connectivity index (χ2n) is 5.61. The first-order valence-corrected chi connectivity index (χ1v) is 8.25. The number of hydrogen-bond donors (Lipinski definition) is 2. The minimum absolute atomic E-state index is 0.108. The van der Waals surface area contributed by atoms with Gasteiger partial charge in [-0.15, -0.1) is 5.10 Å². The average Bonchev–Trinajstić information content (AvgIpc) is 3.04. The van der Waals surface area contributed by atoms with E-state index in [1.807, 2.05) is 62.4 Å². The molecular weight excluding hydrogens is 322 g/mol. The molecule has 0 aliphatic heterocycles. The topological polar surface area (TPSA) is 83.6 Å². The SMILES string of the molecule is CC(C)(Sc1n[nH]c(-c2ccccn2)n1)C(=O)Nc1ccccc1. The Morgan fingerprint density at radius 1 is 1.12 bits per heavy atom. The molecule has 1 amide bonds. The highest BCUT2D eigenvalue weighted by Gasteiger charge is 2.31. The van der Waals surface area contributed by atoms with Crippen LogP contribution in [-0.4, -0.2) is 30.8 Å². The van der Waals surface area contributed by atoms with Gasteiger partial charge in [-0.05, 0) is 38.1 Å². The maximum atomic E-state index is 12.5.